The summed E-state index contributed by atoms with van der Waals surface area (Å²) in [6.07, 6.45) is 3.09. The van der Waals surface area contributed by atoms with Crippen molar-refractivity contribution < 1.29 is 23.9 Å². The van der Waals surface area contributed by atoms with Crippen LogP contribution < -0.4 is 5.32 Å². The van der Waals surface area contributed by atoms with Crippen LogP contribution in [0.15, 0.2) is 0 Å². The SMILES string of the molecule is COC(=O)C[C@@H](CC1CCCC(=O)C1)NC(=O)OC(C)(C)C. The maximum Gasteiger partial charge on any atom is 0.407 e. The van der Waals surface area contributed by atoms with Gasteiger partial charge in [-0.1, -0.05) is 0 Å². The number of alkyl carbamates (subject to hydrolysis) is 1. The van der Waals surface area contributed by atoms with Crippen molar-refractivity contribution in [2.45, 2.75) is 70.9 Å². The molecule has 6 nitrogen and oxygen atoms in total. The third-order valence-electron chi connectivity index (χ3n) is 3.56. The van der Waals surface area contributed by atoms with Gasteiger partial charge in [-0.25, -0.2) is 4.79 Å². The fourth-order valence-corrected chi connectivity index (χ4v) is 2.67. The van der Waals surface area contributed by atoms with Gasteiger partial charge in [0.25, 0.3) is 0 Å². The number of carbonyl (C=O) groups is 3. The molecule has 1 fully saturated rings. The Hall–Kier alpha value is -1.59. The van der Waals surface area contributed by atoms with E-state index in [1.54, 1.807) is 20.8 Å². The lowest BCUT2D eigenvalue weighted by molar-refractivity contribution is -0.141. The highest BCUT2D eigenvalue weighted by Crippen LogP contribution is 2.26. The minimum atomic E-state index is -0.597. The Balaban J connectivity index is 2.60. The maximum absolute atomic E-state index is 11.9. The second-order valence-electron chi connectivity index (χ2n) is 6.86. The summed E-state index contributed by atoms with van der Waals surface area (Å²) < 4.78 is 9.90. The third-order valence-corrected chi connectivity index (χ3v) is 3.56. The first kappa shape index (κ1) is 18.5. The van der Waals surface area contributed by atoms with Crippen LogP contribution >= 0.6 is 0 Å². The molecule has 0 bridgehead atoms. The molecule has 0 saturated heterocycles. The molecule has 1 N–H and O–H groups in total. The largest absolute Gasteiger partial charge is 0.469 e. The molecule has 6 heteroatoms. The van der Waals surface area contributed by atoms with Gasteiger partial charge in [0.05, 0.1) is 13.5 Å². The molecule has 0 radical (unpaired) electrons. The Kier molecular flexibility index (Phi) is 6.84. The Morgan fingerprint density at radius 1 is 1.36 bits per heavy atom. The van der Waals surface area contributed by atoms with E-state index in [1.807, 2.05) is 0 Å². The zero-order chi connectivity index (χ0) is 16.8. The molecule has 0 spiro atoms. The second-order valence-corrected chi connectivity index (χ2v) is 6.86. The molecule has 0 aromatic heterocycles. The highest BCUT2D eigenvalue weighted by molar-refractivity contribution is 5.79. The van der Waals surface area contributed by atoms with Crippen molar-refractivity contribution in [3.63, 3.8) is 0 Å². The van der Waals surface area contributed by atoms with Gasteiger partial charge in [-0.15, -0.1) is 0 Å². The number of hydrogen-bond acceptors (Lipinski definition) is 5. The Morgan fingerprint density at radius 2 is 2.05 bits per heavy atom. The van der Waals surface area contributed by atoms with Crippen LogP contribution in [0.2, 0.25) is 0 Å². The summed E-state index contributed by atoms with van der Waals surface area (Å²) >= 11 is 0. The summed E-state index contributed by atoms with van der Waals surface area (Å²) in [5.74, 6) is 0.0689. The number of esters is 1. The number of ether oxygens (including phenoxy) is 2. The van der Waals surface area contributed by atoms with E-state index in [0.717, 1.165) is 12.8 Å². The van der Waals surface area contributed by atoms with Gasteiger partial charge >= 0.3 is 12.1 Å². The zero-order valence-corrected chi connectivity index (χ0v) is 13.9. The van der Waals surface area contributed by atoms with Crippen LogP contribution in [0, 0.1) is 5.92 Å². The van der Waals surface area contributed by atoms with Crippen molar-refractivity contribution in [2.24, 2.45) is 5.92 Å². The van der Waals surface area contributed by atoms with Crippen LogP contribution in [0.4, 0.5) is 4.79 Å². The first-order valence-corrected chi connectivity index (χ1v) is 7.77. The average Bonchev–Trinajstić information content (AvgIpc) is 2.35. The van der Waals surface area contributed by atoms with Gasteiger partial charge in [0.2, 0.25) is 0 Å². The quantitative estimate of drug-likeness (QED) is 0.789. The van der Waals surface area contributed by atoms with Crippen molar-refractivity contribution in [1.82, 2.24) is 5.32 Å². The van der Waals surface area contributed by atoms with Crippen LogP contribution in [-0.4, -0.2) is 36.6 Å². The fourth-order valence-electron chi connectivity index (χ4n) is 2.67. The van der Waals surface area contributed by atoms with Crippen LogP contribution in [-0.2, 0) is 19.1 Å². The van der Waals surface area contributed by atoms with E-state index in [-0.39, 0.29) is 30.1 Å². The van der Waals surface area contributed by atoms with E-state index in [1.165, 1.54) is 7.11 Å². The van der Waals surface area contributed by atoms with E-state index in [9.17, 15) is 14.4 Å². The molecule has 0 aliphatic heterocycles. The molecule has 0 aromatic rings. The topological polar surface area (TPSA) is 81.7 Å². The summed E-state index contributed by atoms with van der Waals surface area (Å²) in [6, 6.07) is -0.377. The number of nitrogens with one attached hydrogen (secondary N) is 1. The van der Waals surface area contributed by atoms with Gasteiger partial charge in [-0.2, -0.15) is 0 Å². The van der Waals surface area contributed by atoms with E-state index in [2.05, 4.69) is 10.1 Å². The number of Topliss-reactive ketones (excluding diaryl/α,β-unsaturated/α-hetero) is 1. The van der Waals surface area contributed by atoms with Gasteiger partial charge in [0, 0.05) is 18.9 Å². The molecule has 22 heavy (non-hydrogen) atoms. The van der Waals surface area contributed by atoms with E-state index >= 15 is 0 Å². The fraction of sp³-hybridized carbons (Fsp3) is 0.812. The number of methoxy groups -OCH3 is 1. The van der Waals surface area contributed by atoms with Crippen LogP contribution in [0.5, 0.6) is 0 Å². The number of hydrogen-bond donors (Lipinski definition) is 1. The van der Waals surface area contributed by atoms with Crippen LogP contribution in [0.25, 0.3) is 0 Å². The van der Waals surface area contributed by atoms with Crippen LogP contribution in [0.3, 0.4) is 0 Å². The number of amides is 1. The summed E-state index contributed by atoms with van der Waals surface area (Å²) in [5.41, 5.74) is -0.597. The minimum absolute atomic E-state index is 0.0838. The maximum atomic E-state index is 11.9. The highest BCUT2D eigenvalue weighted by Gasteiger charge is 2.27. The smallest absolute Gasteiger partial charge is 0.407 e. The van der Waals surface area contributed by atoms with Crippen molar-refractivity contribution in [3.05, 3.63) is 0 Å². The molecule has 126 valence electrons. The third kappa shape index (κ3) is 7.43. The number of rotatable bonds is 5. The van der Waals surface area contributed by atoms with Crippen molar-refractivity contribution in [1.29, 1.82) is 0 Å². The molecule has 1 amide bonds. The first-order valence-electron chi connectivity index (χ1n) is 7.77. The van der Waals surface area contributed by atoms with Crippen LogP contribution in [0.1, 0.15) is 59.3 Å². The predicted molar refractivity (Wildman–Crippen MR) is 81.4 cm³/mol. The highest BCUT2D eigenvalue weighted by atomic mass is 16.6. The molecule has 1 aliphatic rings. The van der Waals surface area contributed by atoms with Crippen molar-refractivity contribution >= 4 is 17.8 Å². The predicted octanol–water partition coefficient (Wildman–Crippen LogP) is 2.59. The normalized spacial score (nSPS) is 20.2. The van der Waals surface area contributed by atoms with E-state index < -0.39 is 11.7 Å². The Morgan fingerprint density at radius 3 is 2.59 bits per heavy atom. The second kappa shape index (κ2) is 8.15. The zero-order valence-electron chi connectivity index (χ0n) is 13.9. The Bertz CT molecular complexity index is 413. The minimum Gasteiger partial charge on any atom is -0.469 e. The summed E-state index contributed by atoms with van der Waals surface area (Å²) in [7, 11) is 1.32. The molecule has 1 saturated carbocycles. The van der Waals surface area contributed by atoms with Crippen molar-refractivity contribution in [2.75, 3.05) is 7.11 Å². The standard InChI is InChI=1S/C16H27NO5/c1-16(2,3)22-15(20)17-12(10-14(19)21-4)8-11-6-5-7-13(18)9-11/h11-12H,5-10H2,1-4H3,(H,17,20)/t11?,12-/m1/s1. The van der Waals surface area contributed by atoms with Crippen molar-refractivity contribution in [3.8, 4) is 0 Å². The number of ketones is 1. The molecule has 2 atom stereocenters. The van der Waals surface area contributed by atoms with Gasteiger partial charge < -0.3 is 14.8 Å². The summed E-state index contributed by atoms with van der Waals surface area (Å²) in [5, 5.41) is 2.73. The monoisotopic (exact) mass is 313 g/mol. The molecule has 0 heterocycles. The van der Waals surface area contributed by atoms with E-state index in [0.29, 0.717) is 19.3 Å². The molecular weight excluding hydrogens is 286 g/mol. The van der Waals surface area contributed by atoms with E-state index in [4.69, 9.17) is 4.74 Å². The van der Waals surface area contributed by atoms with Gasteiger partial charge in [0.15, 0.2) is 0 Å². The molecule has 0 aromatic carbocycles. The summed E-state index contributed by atoms with van der Waals surface area (Å²) in [6.45, 7) is 5.34. The first-order chi connectivity index (χ1) is 10.2. The average molecular weight is 313 g/mol. The van der Waals surface area contributed by atoms with Gasteiger partial charge in [-0.3, -0.25) is 9.59 Å². The lowest BCUT2D eigenvalue weighted by atomic mass is 9.83. The lowest BCUT2D eigenvalue weighted by Gasteiger charge is -2.27. The molecule has 1 unspecified atom stereocenters. The molecule has 1 rings (SSSR count). The number of carbonyl (C=O) groups excluding carboxylic acids is 3. The molecule has 1 aliphatic carbocycles. The Labute approximate surface area is 131 Å². The molecular formula is C16H27NO5. The van der Waals surface area contributed by atoms with Gasteiger partial charge in [0.1, 0.15) is 11.4 Å². The summed E-state index contributed by atoms with van der Waals surface area (Å²) in [4.78, 5) is 34.9. The van der Waals surface area contributed by atoms with Gasteiger partial charge in [-0.05, 0) is 46.0 Å². The lowest BCUT2D eigenvalue weighted by Crippen LogP contribution is -2.41.